The number of nitrogens with one attached hydrogen (secondary N) is 2. The summed E-state index contributed by atoms with van der Waals surface area (Å²) < 4.78 is 23.1. The van der Waals surface area contributed by atoms with Gasteiger partial charge >= 0.3 is 0 Å². The molecule has 106 valence electrons. The Hall–Kier alpha value is -0.620. The lowest BCUT2D eigenvalue weighted by atomic mass is 10.1. The fourth-order valence-corrected chi connectivity index (χ4v) is 3.80. The van der Waals surface area contributed by atoms with Gasteiger partial charge in [-0.3, -0.25) is 4.79 Å². The first-order valence-electron chi connectivity index (χ1n) is 6.61. The minimum atomic E-state index is -2.91. The molecule has 6 heteroatoms. The average molecular weight is 276 g/mol. The summed E-state index contributed by atoms with van der Waals surface area (Å²) in [6, 6.07) is 0. The molecule has 1 atom stereocenters. The number of sulfone groups is 1. The van der Waals surface area contributed by atoms with Crippen molar-refractivity contribution >= 4 is 15.7 Å². The maximum atomic E-state index is 11.5. The molecule has 2 N–H and O–H groups in total. The molecule has 0 aromatic heterocycles. The van der Waals surface area contributed by atoms with Crippen LogP contribution in [0.5, 0.6) is 0 Å². The zero-order valence-corrected chi connectivity index (χ0v) is 12.1. The van der Waals surface area contributed by atoms with Crippen molar-refractivity contribution in [2.75, 3.05) is 25.4 Å². The number of hydrogen-bond acceptors (Lipinski definition) is 4. The minimum absolute atomic E-state index is 0.0638. The summed E-state index contributed by atoms with van der Waals surface area (Å²) in [5.41, 5.74) is 0. The molecule has 0 bridgehead atoms. The highest BCUT2D eigenvalue weighted by Gasteiger charge is 2.30. The standard InChI is InChI=1S/C12H24N2O3S/c1-10(2)5-6-14-12(15)9-13-8-11-4-3-7-18(11,16)17/h10-11,13H,3-9H2,1-2H3,(H,14,15). The van der Waals surface area contributed by atoms with E-state index in [-0.39, 0.29) is 17.7 Å². The van der Waals surface area contributed by atoms with Crippen molar-refractivity contribution in [1.29, 1.82) is 0 Å². The summed E-state index contributed by atoms with van der Waals surface area (Å²) in [5.74, 6) is 0.799. The van der Waals surface area contributed by atoms with Crippen LogP contribution in [0, 0.1) is 5.92 Å². The molecule has 1 fully saturated rings. The quantitative estimate of drug-likeness (QED) is 0.702. The van der Waals surface area contributed by atoms with Gasteiger partial charge in [-0.2, -0.15) is 0 Å². The third-order valence-corrected chi connectivity index (χ3v) is 5.44. The minimum Gasteiger partial charge on any atom is -0.355 e. The molecule has 0 aliphatic carbocycles. The van der Waals surface area contributed by atoms with E-state index in [4.69, 9.17) is 0 Å². The summed E-state index contributed by atoms with van der Waals surface area (Å²) in [7, 11) is -2.91. The molecule has 0 saturated carbocycles. The van der Waals surface area contributed by atoms with Crippen molar-refractivity contribution in [1.82, 2.24) is 10.6 Å². The van der Waals surface area contributed by atoms with Gasteiger partial charge in [-0.1, -0.05) is 13.8 Å². The van der Waals surface area contributed by atoms with Crippen LogP contribution in [-0.4, -0.2) is 45.0 Å². The van der Waals surface area contributed by atoms with Crippen molar-refractivity contribution in [2.45, 2.75) is 38.4 Å². The van der Waals surface area contributed by atoms with Crippen molar-refractivity contribution in [2.24, 2.45) is 5.92 Å². The summed E-state index contributed by atoms with van der Waals surface area (Å²) in [5, 5.41) is 5.43. The van der Waals surface area contributed by atoms with E-state index in [1.807, 2.05) is 0 Å². The van der Waals surface area contributed by atoms with E-state index >= 15 is 0 Å². The zero-order valence-electron chi connectivity index (χ0n) is 11.2. The van der Waals surface area contributed by atoms with E-state index in [1.54, 1.807) is 0 Å². The van der Waals surface area contributed by atoms with Crippen LogP contribution in [0.2, 0.25) is 0 Å². The van der Waals surface area contributed by atoms with E-state index in [1.165, 1.54) is 0 Å². The SMILES string of the molecule is CC(C)CCNC(=O)CNCC1CCCS1(=O)=O. The van der Waals surface area contributed by atoms with Gasteiger partial charge in [0.2, 0.25) is 5.91 Å². The molecule has 0 spiro atoms. The van der Waals surface area contributed by atoms with Gasteiger partial charge in [-0.25, -0.2) is 8.42 Å². The van der Waals surface area contributed by atoms with Crippen LogP contribution in [0.25, 0.3) is 0 Å². The van der Waals surface area contributed by atoms with Gasteiger partial charge in [0.15, 0.2) is 9.84 Å². The number of carbonyl (C=O) groups is 1. The summed E-state index contributed by atoms with van der Waals surface area (Å²) in [4.78, 5) is 11.4. The molecular formula is C12H24N2O3S. The van der Waals surface area contributed by atoms with Gasteiger partial charge in [0.25, 0.3) is 0 Å². The Labute approximate surface area is 110 Å². The molecule has 1 saturated heterocycles. The Kier molecular flexibility index (Phi) is 6.08. The summed E-state index contributed by atoms with van der Waals surface area (Å²) in [6.07, 6.45) is 2.42. The van der Waals surface area contributed by atoms with E-state index in [0.29, 0.717) is 31.2 Å². The number of hydrogen-bond donors (Lipinski definition) is 2. The van der Waals surface area contributed by atoms with Crippen LogP contribution >= 0.6 is 0 Å². The average Bonchev–Trinajstić information content (AvgIpc) is 2.58. The first kappa shape index (κ1) is 15.4. The molecule has 1 aliphatic heterocycles. The Morgan fingerprint density at radius 3 is 2.67 bits per heavy atom. The van der Waals surface area contributed by atoms with Gasteiger partial charge in [0.1, 0.15) is 0 Å². The topological polar surface area (TPSA) is 75.3 Å². The smallest absolute Gasteiger partial charge is 0.233 e. The fraction of sp³-hybridized carbons (Fsp3) is 0.917. The molecule has 1 aliphatic rings. The zero-order chi connectivity index (χ0) is 13.6. The summed E-state index contributed by atoms with van der Waals surface area (Å²) in [6.45, 7) is 5.48. The number of carbonyl (C=O) groups excluding carboxylic acids is 1. The van der Waals surface area contributed by atoms with Crippen molar-refractivity contribution in [3.05, 3.63) is 0 Å². The molecule has 1 heterocycles. The van der Waals surface area contributed by atoms with Crippen molar-refractivity contribution in [3.8, 4) is 0 Å². The Morgan fingerprint density at radius 1 is 1.39 bits per heavy atom. The van der Waals surface area contributed by atoms with Gasteiger partial charge in [-0.15, -0.1) is 0 Å². The van der Waals surface area contributed by atoms with Crippen LogP contribution in [0.1, 0.15) is 33.1 Å². The largest absolute Gasteiger partial charge is 0.355 e. The van der Waals surface area contributed by atoms with Crippen molar-refractivity contribution in [3.63, 3.8) is 0 Å². The van der Waals surface area contributed by atoms with E-state index < -0.39 is 9.84 Å². The number of amides is 1. The first-order chi connectivity index (χ1) is 8.42. The van der Waals surface area contributed by atoms with E-state index in [2.05, 4.69) is 24.5 Å². The second-order valence-electron chi connectivity index (χ2n) is 5.29. The normalized spacial score (nSPS) is 22.3. The van der Waals surface area contributed by atoms with Crippen LogP contribution < -0.4 is 10.6 Å². The maximum Gasteiger partial charge on any atom is 0.233 e. The highest BCUT2D eigenvalue weighted by Crippen LogP contribution is 2.18. The number of rotatable bonds is 7. The maximum absolute atomic E-state index is 11.5. The van der Waals surface area contributed by atoms with Crippen molar-refractivity contribution < 1.29 is 13.2 Å². The molecule has 1 rings (SSSR count). The Morgan fingerprint density at radius 2 is 2.11 bits per heavy atom. The van der Waals surface area contributed by atoms with E-state index in [0.717, 1.165) is 12.8 Å². The van der Waals surface area contributed by atoms with Gasteiger partial charge in [0, 0.05) is 13.1 Å². The predicted molar refractivity (Wildman–Crippen MR) is 72.1 cm³/mol. The fourth-order valence-electron chi connectivity index (χ4n) is 2.00. The molecular weight excluding hydrogens is 252 g/mol. The van der Waals surface area contributed by atoms with Gasteiger partial charge < -0.3 is 10.6 Å². The van der Waals surface area contributed by atoms with Gasteiger partial charge in [-0.05, 0) is 25.2 Å². The second kappa shape index (κ2) is 7.09. The molecule has 0 aromatic rings. The lowest BCUT2D eigenvalue weighted by molar-refractivity contribution is -0.120. The monoisotopic (exact) mass is 276 g/mol. The Bertz CT molecular complexity index is 366. The van der Waals surface area contributed by atoms with Crippen LogP contribution in [0.3, 0.4) is 0 Å². The second-order valence-corrected chi connectivity index (χ2v) is 7.70. The molecule has 0 aromatic carbocycles. The Balaban J connectivity index is 2.12. The summed E-state index contributed by atoms with van der Waals surface area (Å²) >= 11 is 0. The van der Waals surface area contributed by atoms with Crippen LogP contribution in [0.4, 0.5) is 0 Å². The molecule has 0 radical (unpaired) electrons. The van der Waals surface area contributed by atoms with Crippen LogP contribution in [0.15, 0.2) is 0 Å². The van der Waals surface area contributed by atoms with Gasteiger partial charge in [0.05, 0.1) is 17.5 Å². The third-order valence-electron chi connectivity index (χ3n) is 3.16. The molecule has 1 amide bonds. The highest BCUT2D eigenvalue weighted by molar-refractivity contribution is 7.92. The van der Waals surface area contributed by atoms with E-state index in [9.17, 15) is 13.2 Å². The first-order valence-corrected chi connectivity index (χ1v) is 8.32. The highest BCUT2D eigenvalue weighted by atomic mass is 32.2. The van der Waals surface area contributed by atoms with Crippen LogP contribution in [-0.2, 0) is 14.6 Å². The lowest BCUT2D eigenvalue weighted by Gasteiger charge is -2.11. The third kappa shape index (κ3) is 5.35. The lowest BCUT2D eigenvalue weighted by Crippen LogP contribution is -2.38. The molecule has 18 heavy (non-hydrogen) atoms. The molecule has 1 unspecified atom stereocenters. The molecule has 5 nitrogen and oxygen atoms in total. The predicted octanol–water partition coefficient (Wildman–Crippen LogP) is 0.316.